The van der Waals surface area contributed by atoms with Gasteiger partial charge in [-0.25, -0.2) is 0 Å². The minimum Gasteiger partial charge on any atom is -0.356 e. The van der Waals surface area contributed by atoms with Gasteiger partial charge in [0.15, 0.2) is 5.96 Å². The van der Waals surface area contributed by atoms with Crippen LogP contribution in [0.3, 0.4) is 0 Å². The zero-order valence-corrected chi connectivity index (χ0v) is 18.1. The van der Waals surface area contributed by atoms with Gasteiger partial charge in [0.05, 0.1) is 0 Å². The van der Waals surface area contributed by atoms with Crippen molar-refractivity contribution in [1.29, 1.82) is 0 Å². The van der Waals surface area contributed by atoms with E-state index in [4.69, 9.17) is 0 Å². The second-order valence-corrected chi connectivity index (χ2v) is 5.97. The first kappa shape index (κ1) is 23.7. The molecule has 0 saturated heterocycles. The van der Waals surface area contributed by atoms with Gasteiger partial charge >= 0.3 is 0 Å². The van der Waals surface area contributed by atoms with Gasteiger partial charge in [0.1, 0.15) is 0 Å². The highest BCUT2D eigenvalue weighted by Gasteiger charge is 2.09. The zero-order valence-electron chi connectivity index (χ0n) is 15.8. The summed E-state index contributed by atoms with van der Waals surface area (Å²) in [5.41, 5.74) is 1.14. The van der Waals surface area contributed by atoms with E-state index in [-0.39, 0.29) is 29.9 Å². The topological polar surface area (TPSA) is 56.7 Å². The number of amides is 1. The summed E-state index contributed by atoms with van der Waals surface area (Å²) in [5, 5.41) is 6.49. The number of carbonyl (C=O) groups excluding carboxylic acids is 1. The van der Waals surface area contributed by atoms with Crippen molar-refractivity contribution < 1.29 is 4.79 Å². The molecule has 6 heteroatoms. The first-order valence-electron chi connectivity index (χ1n) is 8.89. The van der Waals surface area contributed by atoms with Crippen LogP contribution in [0.1, 0.15) is 44.6 Å². The Morgan fingerprint density at radius 2 is 1.76 bits per heavy atom. The van der Waals surface area contributed by atoms with Crippen LogP contribution >= 0.6 is 24.0 Å². The van der Waals surface area contributed by atoms with Crippen molar-refractivity contribution in [3.05, 3.63) is 35.9 Å². The molecule has 142 valence electrons. The zero-order chi connectivity index (χ0) is 17.6. The minimum atomic E-state index is 0. The number of benzene rings is 1. The summed E-state index contributed by atoms with van der Waals surface area (Å²) in [6.07, 6.45) is 5.36. The van der Waals surface area contributed by atoms with Crippen LogP contribution in [0.25, 0.3) is 0 Å². The summed E-state index contributed by atoms with van der Waals surface area (Å²) in [7, 11) is 3.60. The van der Waals surface area contributed by atoms with Crippen LogP contribution in [0.15, 0.2) is 35.3 Å². The van der Waals surface area contributed by atoms with Crippen LogP contribution in [-0.4, -0.2) is 44.0 Å². The number of hydrogen-bond donors (Lipinski definition) is 2. The first-order valence-corrected chi connectivity index (χ1v) is 8.89. The van der Waals surface area contributed by atoms with E-state index in [9.17, 15) is 4.79 Å². The molecule has 1 amide bonds. The molecule has 0 aliphatic rings. The van der Waals surface area contributed by atoms with Gasteiger partial charge in [0.2, 0.25) is 5.91 Å². The number of unbranched alkanes of at least 4 members (excludes halogenated alkanes) is 3. The number of carbonyl (C=O) groups is 1. The van der Waals surface area contributed by atoms with Crippen molar-refractivity contribution in [2.45, 2.75) is 45.6 Å². The highest BCUT2D eigenvalue weighted by Crippen LogP contribution is 2.03. The lowest BCUT2D eigenvalue weighted by atomic mass is 10.2. The molecule has 1 rings (SSSR count). The predicted molar refractivity (Wildman–Crippen MR) is 116 cm³/mol. The van der Waals surface area contributed by atoms with Gasteiger partial charge in [-0.2, -0.15) is 0 Å². The number of aliphatic imine (C=N–C) groups is 1. The largest absolute Gasteiger partial charge is 0.356 e. The molecule has 2 N–H and O–H groups in total. The van der Waals surface area contributed by atoms with Gasteiger partial charge in [-0.3, -0.25) is 9.79 Å². The van der Waals surface area contributed by atoms with Crippen LogP contribution < -0.4 is 10.6 Å². The van der Waals surface area contributed by atoms with Crippen molar-refractivity contribution in [3.63, 3.8) is 0 Å². The fourth-order valence-electron chi connectivity index (χ4n) is 2.40. The quantitative estimate of drug-likeness (QED) is 0.244. The molecular weight excluding hydrogens is 427 g/mol. The van der Waals surface area contributed by atoms with Gasteiger partial charge < -0.3 is 15.5 Å². The van der Waals surface area contributed by atoms with Crippen molar-refractivity contribution in [2.75, 3.05) is 27.2 Å². The van der Waals surface area contributed by atoms with E-state index in [1.54, 1.807) is 11.9 Å². The summed E-state index contributed by atoms with van der Waals surface area (Å²) < 4.78 is 0. The van der Waals surface area contributed by atoms with Crippen molar-refractivity contribution in [3.8, 4) is 0 Å². The molecule has 0 aliphatic carbocycles. The van der Waals surface area contributed by atoms with E-state index >= 15 is 0 Å². The number of nitrogens with zero attached hydrogens (tertiary/aromatic N) is 2. The second kappa shape index (κ2) is 15.0. The van der Waals surface area contributed by atoms with Crippen LogP contribution in [0.2, 0.25) is 0 Å². The van der Waals surface area contributed by atoms with Gasteiger partial charge in [0, 0.05) is 40.2 Å². The van der Waals surface area contributed by atoms with E-state index in [0.717, 1.165) is 24.5 Å². The maximum Gasteiger partial charge on any atom is 0.224 e. The van der Waals surface area contributed by atoms with Crippen LogP contribution in [0, 0.1) is 0 Å². The van der Waals surface area contributed by atoms with Gasteiger partial charge in [-0.05, 0) is 12.0 Å². The molecule has 0 saturated carbocycles. The molecule has 0 radical (unpaired) electrons. The Bertz CT molecular complexity index is 493. The maximum atomic E-state index is 12.2. The minimum absolute atomic E-state index is 0. The molecule has 5 nitrogen and oxygen atoms in total. The Morgan fingerprint density at radius 1 is 1.08 bits per heavy atom. The molecule has 0 atom stereocenters. The molecule has 0 bridgehead atoms. The molecule has 0 fully saturated rings. The molecule has 0 unspecified atom stereocenters. The van der Waals surface area contributed by atoms with E-state index in [0.29, 0.717) is 19.5 Å². The fourth-order valence-corrected chi connectivity index (χ4v) is 2.40. The molecular formula is C19H33IN4O. The van der Waals surface area contributed by atoms with E-state index in [2.05, 4.69) is 22.5 Å². The Kier molecular flexibility index (Phi) is 14.2. The standard InChI is InChI=1S/C19H32N4O.HI/c1-4-5-6-10-14-21-19(20-2)22-15-13-18(24)23(3)16-17-11-8-7-9-12-17;/h7-9,11-12H,4-6,10,13-16H2,1-3H3,(H2,20,21,22);1H. The normalized spacial score (nSPS) is 10.8. The summed E-state index contributed by atoms with van der Waals surface area (Å²) in [6, 6.07) is 10.0. The summed E-state index contributed by atoms with van der Waals surface area (Å²) >= 11 is 0. The Morgan fingerprint density at radius 3 is 2.40 bits per heavy atom. The third-order valence-electron chi connectivity index (χ3n) is 3.87. The Balaban J connectivity index is 0.00000576. The monoisotopic (exact) mass is 460 g/mol. The Hall–Kier alpha value is -1.31. The summed E-state index contributed by atoms with van der Waals surface area (Å²) in [5.74, 6) is 0.898. The van der Waals surface area contributed by atoms with Crippen molar-refractivity contribution >= 4 is 35.8 Å². The Labute approximate surface area is 169 Å². The lowest BCUT2D eigenvalue weighted by Crippen LogP contribution is -2.39. The number of hydrogen-bond acceptors (Lipinski definition) is 2. The molecule has 0 heterocycles. The van der Waals surface area contributed by atoms with E-state index in [1.165, 1.54) is 19.3 Å². The molecule has 0 aliphatic heterocycles. The molecule has 0 aromatic heterocycles. The molecule has 0 spiro atoms. The molecule has 1 aromatic rings. The lowest BCUT2D eigenvalue weighted by Gasteiger charge is -2.18. The average molecular weight is 460 g/mol. The number of rotatable bonds is 10. The highest BCUT2D eigenvalue weighted by molar-refractivity contribution is 14.0. The van der Waals surface area contributed by atoms with Crippen LogP contribution in [-0.2, 0) is 11.3 Å². The lowest BCUT2D eigenvalue weighted by molar-refractivity contribution is -0.130. The maximum absolute atomic E-state index is 12.2. The number of guanidine groups is 1. The first-order chi connectivity index (χ1) is 11.7. The van der Waals surface area contributed by atoms with Crippen LogP contribution in [0.4, 0.5) is 0 Å². The SMILES string of the molecule is CCCCCCNC(=NC)NCCC(=O)N(C)Cc1ccccc1.I. The van der Waals surface area contributed by atoms with Gasteiger partial charge in [-0.15, -0.1) is 24.0 Å². The second-order valence-electron chi connectivity index (χ2n) is 5.97. The van der Waals surface area contributed by atoms with Gasteiger partial charge in [-0.1, -0.05) is 56.5 Å². The third kappa shape index (κ3) is 11.0. The van der Waals surface area contributed by atoms with E-state index < -0.39 is 0 Å². The van der Waals surface area contributed by atoms with Crippen molar-refractivity contribution in [2.24, 2.45) is 4.99 Å². The van der Waals surface area contributed by atoms with Crippen LogP contribution in [0.5, 0.6) is 0 Å². The fraction of sp³-hybridized carbons (Fsp3) is 0.579. The number of halogens is 1. The predicted octanol–water partition coefficient (Wildman–Crippen LogP) is 3.40. The smallest absolute Gasteiger partial charge is 0.224 e. The highest BCUT2D eigenvalue weighted by atomic mass is 127. The average Bonchev–Trinajstić information content (AvgIpc) is 2.60. The summed E-state index contributed by atoms with van der Waals surface area (Å²) in [6.45, 7) is 4.36. The molecule has 25 heavy (non-hydrogen) atoms. The van der Waals surface area contributed by atoms with E-state index in [1.807, 2.05) is 37.4 Å². The number of nitrogens with one attached hydrogen (secondary N) is 2. The molecule has 1 aromatic carbocycles. The summed E-state index contributed by atoms with van der Waals surface area (Å²) in [4.78, 5) is 18.1. The van der Waals surface area contributed by atoms with Crippen molar-refractivity contribution in [1.82, 2.24) is 15.5 Å². The third-order valence-corrected chi connectivity index (χ3v) is 3.87. The van der Waals surface area contributed by atoms with Gasteiger partial charge in [0.25, 0.3) is 0 Å².